The number of amides is 1. The van der Waals surface area contributed by atoms with Gasteiger partial charge in [0, 0.05) is 57.8 Å². The normalized spacial score (nSPS) is 14.8. The second-order valence-corrected chi connectivity index (χ2v) is 9.41. The van der Waals surface area contributed by atoms with Gasteiger partial charge in [0.15, 0.2) is 11.6 Å². The number of pyridine rings is 1. The first-order valence-electron chi connectivity index (χ1n) is 12.8. The number of aromatic nitrogens is 5. The Morgan fingerprint density at radius 2 is 2.03 bits per heavy atom. The number of nitrogens with zero attached hydrogens (tertiary/aromatic N) is 6. The van der Waals surface area contributed by atoms with Crippen LogP contribution >= 0.6 is 0 Å². The maximum atomic E-state index is 12.5. The third-order valence-corrected chi connectivity index (χ3v) is 6.27. The number of carbonyl (C=O) groups excluding carboxylic acids is 1. The SMILES string of the molecule is CCNC(=O)c1cc(N2CCC(COc3cc(-c4cn(C)cn4)cnc3N)CC2)nc(O[C@H](C)COC)n1. The third-order valence-electron chi connectivity index (χ3n) is 6.27. The molecule has 0 saturated carbocycles. The zero-order valence-corrected chi connectivity index (χ0v) is 22.4. The molecule has 0 bridgehead atoms. The standard InChI is InChI=1S/C26H36N8O4/c1-5-28-25(35)20-11-23(32-26(31-20)38-17(2)14-36-4)34-8-6-18(7-9-34)15-37-22-10-19(12-29-24(22)27)21-13-33(3)16-30-21/h10-13,16-18H,5-9,14-15H2,1-4H3,(H2,27,29)(H,28,35)/t17-/m1/s1. The van der Waals surface area contributed by atoms with Crippen LogP contribution in [0.2, 0.25) is 0 Å². The summed E-state index contributed by atoms with van der Waals surface area (Å²) in [6.45, 7) is 6.67. The second kappa shape index (κ2) is 12.5. The van der Waals surface area contributed by atoms with Crippen LogP contribution in [0.5, 0.6) is 11.8 Å². The van der Waals surface area contributed by atoms with Crippen molar-refractivity contribution < 1.29 is 19.0 Å². The number of hydrogen-bond donors (Lipinski definition) is 2. The Morgan fingerprint density at radius 1 is 1.24 bits per heavy atom. The Hall–Kier alpha value is -3.93. The average molecular weight is 525 g/mol. The van der Waals surface area contributed by atoms with Crippen molar-refractivity contribution in [2.24, 2.45) is 13.0 Å². The molecule has 4 heterocycles. The van der Waals surface area contributed by atoms with E-state index >= 15 is 0 Å². The molecule has 12 nitrogen and oxygen atoms in total. The number of ether oxygens (including phenoxy) is 3. The Balaban J connectivity index is 1.39. The summed E-state index contributed by atoms with van der Waals surface area (Å²) in [7, 11) is 3.52. The number of nitrogens with one attached hydrogen (secondary N) is 1. The summed E-state index contributed by atoms with van der Waals surface area (Å²) in [5, 5.41) is 2.79. The molecule has 38 heavy (non-hydrogen) atoms. The summed E-state index contributed by atoms with van der Waals surface area (Å²) < 4.78 is 18.9. The van der Waals surface area contributed by atoms with E-state index < -0.39 is 0 Å². The van der Waals surface area contributed by atoms with Crippen LogP contribution in [-0.2, 0) is 11.8 Å². The summed E-state index contributed by atoms with van der Waals surface area (Å²) in [6, 6.07) is 3.76. The van der Waals surface area contributed by atoms with E-state index in [-0.39, 0.29) is 23.7 Å². The number of rotatable bonds is 11. The van der Waals surface area contributed by atoms with Crippen LogP contribution in [-0.4, -0.2) is 76.5 Å². The molecular weight excluding hydrogens is 488 g/mol. The maximum Gasteiger partial charge on any atom is 0.319 e. The van der Waals surface area contributed by atoms with Crippen molar-refractivity contribution in [2.45, 2.75) is 32.8 Å². The average Bonchev–Trinajstić information content (AvgIpc) is 3.34. The van der Waals surface area contributed by atoms with Gasteiger partial charge in [-0.15, -0.1) is 0 Å². The molecule has 0 unspecified atom stereocenters. The summed E-state index contributed by atoms with van der Waals surface area (Å²) >= 11 is 0. The number of nitrogens with two attached hydrogens (primary N) is 1. The van der Waals surface area contributed by atoms with Gasteiger partial charge in [0.1, 0.15) is 17.6 Å². The highest BCUT2D eigenvalue weighted by molar-refractivity contribution is 5.93. The van der Waals surface area contributed by atoms with E-state index in [9.17, 15) is 4.79 Å². The van der Waals surface area contributed by atoms with Crippen LogP contribution < -0.4 is 25.4 Å². The monoisotopic (exact) mass is 524 g/mol. The van der Waals surface area contributed by atoms with Crippen LogP contribution in [0.4, 0.5) is 11.6 Å². The molecular formula is C26H36N8O4. The second-order valence-electron chi connectivity index (χ2n) is 9.41. The molecule has 1 aliphatic rings. The summed E-state index contributed by atoms with van der Waals surface area (Å²) in [6.07, 6.45) is 6.90. The minimum absolute atomic E-state index is 0.162. The van der Waals surface area contributed by atoms with Crippen LogP contribution in [0.3, 0.4) is 0 Å². The number of methoxy groups -OCH3 is 1. The lowest BCUT2D eigenvalue weighted by atomic mass is 9.98. The Morgan fingerprint density at radius 3 is 2.71 bits per heavy atom. The maximum absolute atomic E-state index is 12.5. The highest BCUT2D eigenvalue weighted by atomic mass is 16.5. The van der Waals surface area contributed by atoms with Gasteiger partial charge in [-0.3, -0.25) is 4.79 Å². The van der Waals surface area contributed by atoms with Gasteiger partial charge in [-0.1, -0.05) is 0 Å². The van der Waals surface area contributed by atoms with E-state index in [1.807, 2.05) is 37.7 Å². The molecule has 3 aromatic heterocycles. The zero-order chi connectivity index (χ0) is 27.1. The largest absolute Gasteiger partial charge is 0.489 e. The van der Waals surface area contributed by atoms with Crippen LogP contribution in [0.1, 0.15) is 37.2 Å². The number of imidazole rings is 1. The fourth-order valence-electron chi connectivity index (χ4n) is 4.25. The first-order chi connectivity index (χ1) is 18.4. The minimum Gasteiger partial charge on any atom is -0.489 e. The van der Waals surface area contributed by atoms with Crippen molar-refractivity contribution in [1.82, 2.24) is 29.8 Å². The van der Waals surface area contributed by atoms with Crippen LogP contribution in [0, 0.1) is 5.92 Å². The first kappa shape index (κ1) is 27.1. The highest BCUT2D eigenvalue weighted by Gasteiger charge is 2.24. The van der Waals surface area contributed by atoms with E-state index in [1.165, 1.54) is 0 Å². The number of carbonyl (C=O) groups is 1. The molecule has 0 spiro atoms. The van der Waals surface area contributed by atoms with E-state index in [0.29, 0.717) is 43.1 Å². The number of hydrogen-bond acceptors (Lipinski definition) is 10. The Bertz CT molecular complexity index is 1230. The minimum atomic E-state index is -0.261. The molecule has 1 fully saturated rings. The molecule has 204 valence electrons. The van der Waals surface area contributed by atoms with Crippen molar-refractivity contribution in [3.63, 3.8) is 0 Å². The lowest BCUT2D eigenvalue weighted by Crippen LogP contribution is -2.36. The van der Waals surface area contributed by atoms with Crippen molar-refractivity contribution >= 4 is 17.5 Å². The van der Waals surface area contributed by atoms with Gasteiger partial charge >= 0.3 is 6.01 Å². The number of aryl methyl sites for hydroxylation is 1. The van der Waals surface area contributed by atoms with Gasteiger partial charge in [-0.05, 0) is 38.7 Å². The Labute approximate surface area is 222 Å². The lowest BCUT2D eigenvalue weighted by Gasteiger charge is -2.33. The zero-order valence-electron chi connectivity index (χ0n) is 22.4. The molecule has 3 N–H and O–H groups in total. The van der Waals surface area contributed by atoms with Crippen molar-refractivity contribution in [1.29, 1.82) is 0 Å². The molecule has 1 amide bonds. The summed E-state index contributed by atoms with van der Waals surface area (Å²) in [4.78, 5) is 32.2. The highest BCUT2D eigenvalue weighted by Crippen LogP contribution is 2.29. The molecule has 0 aliphatic carbocycles. The fourth-order valence-corrected chi connectivity index (χ4v) is 4.25. The number of piperidine rings is 1. The van der Waals surface area contributed by atoms with Gasteiger partial charge in [-0.25, -0.2) is 9.97 Å². The van der Waals surface area contributed by atoms with E-state index in [2.05, 4.69) is 30.2 Å². The quantitative estimate of drug-likeness (QED) is 0.384. The molecule has 0 radical (unpaired) electrons. The smallest absolute Gasteiger partial charge is 0.319 e. The molecule has 1 atom stereocenters. The third kappa shape index (κ3) is 6.88. The fraction of sp³-hybridized carbons (Fsp3) is 0.500. The van der Waals surface area contributed by atoms with Crippen LogP contribution in [0.25, 0.3) is 11.3 Å². The molecule has 0 aromatic carbocycles. The number of anilines is 2. The molecule has 12 heteroatoms. The van der Waals surface area contributed by atoms with Crippen molar-refractivity contribution in [3.05, 3.63) is 36.5 Å². The number of nitrogen functional groups attached to an aromatic ring is 1. The van der Waals surface area contributed by atoms with E-state index in [0.717, 1.165) is 37.2 Å². The van der Waals surface area contributed by atoms with Gasteiger partial charge in [-0.2, -0.15) is 9.97 Å². The van der Waals surface area contributed by atoms with E-state index in [4.69, 9.17) is 19.9 Å². The van der Waals surface area contributed by atoms with Crippen LogP contribution in [0.15, 0.2) is 30.9 Å². The van der Waals surface area contributed by atoms with E-state index in [1.54, 1.807) is 25.7 Å². The predicted molar refractivity (Wildman–Crippen MR) is 143 cm³/mol. The van der Waals surface area contributed by atoms with Gasteiger partial charge < -0.3 is 34.7 Å². The topological polar surface area (TPSA) is 143 Å². The first-order valence-corrected chi connectivity index (χ1v) is 12.8. The van der Waals surface area contributed by atoms with Crippen molar-refractivity contribution in [2.75, 3.05) is 50.6 Å². The molecule has 4 rings (SSSR count). The lowest BCUT2D eigenvalue weighted by molar-refractivity contribution is 0.0843. The van der Waals surface area contributed by atoms with Crippen molar-refractivity contribution in [3.8, 4) is 23.0 Å². The summed E-state index contributed by atoms with van der Waals surface area (Å²) in [5.74, 6) is 1.66. The Kier molecular flexibility index (Phi) is 8.95. The van der Waals surface area contributed by atoms with Gasteiger partial charge in [0.2, 0.25) is 0 Å². The predicted octanol–water partition coefficient (Wildman–Crippen LogP) is 2.31. The molecule has 3 aromatic rings. The van der Waals surface area contributed by atoms with Gasteiger partial charge in [0.05, 0.1) is 25.2 Å². The molecule has 1 aliphatic heterocycles. The van der Waals surface area contributed by atoms with Gasteiger partial charge in [0.25, 0.3) is 5.91 Å². The molecule has 1 saturated heterocycles. The summed E-state index contributed by atoms with van der Waals surface area (Å²) in [5.41, 5.74) is 8.02.